The number of nitrogens with zero attached hydrogens (tertiary/aromatic N) is 1. The van der Waals surface area contributed by atoms with E-state index in [9.17, 15) is 24.3 Å². The number of rotatable bonds is 20. The molecule has 0 aliphatic heterocycles. The van der Waals surface area contributed by atoms with Crippen LogP contribution in [0.4, 0.5) is 0 Å². The molecule has 0 radical (unpaired) electrons. The first-order chi connectivity index (χ1) is 17.4. The largest absolute Gasteiger partial charge is 0.480 e. The van der Waals surface area contributed by atoms with E-state index in [-0.39, 0.29) is 37.7 Å². The first-order valence-corrected chi connectivity index (χ1v) is 14.0. The quantitative estimate of drug-likeness (QED) is 0.0517. The molecule has 0 bridgehead atoms. The molecule has 0 saturated carbocycles. The molecule has 0 spiro atoms. The van der Waals surface area contributed by atoms with Crippen LogP contribution in [-0.4, -0.2) is 84.0 Å². The van der Waals surface area contributed by atoms with Crippen molar-refractivity contribution in [3.63, 3.8) is 0 Å². The van der Waals surface area contributed by atoms with Gasteiger partial charge in [0.2, 0.25) is 17.7 Å². The third kappa shape index (κ3) is 16.0. The van der Waals surface area contributed by atoms with Crippen molar-refractivity contribution in [2.75, 3.05) is 25.1 Å². The van der Waals surface area contributed by atoms with Gasteiger partial charge in [0, 0.05) is 6.54 Å². The zero-order chi connectivity index (χ0) is 28.4. The van der Waals surface area contributed by atoms with Gasteiger partial charge < -0.3 is 44.0 Å². The third-order valence-corrected chi connectivity index (χ3v) is 6.09. The summed E-state index contributed by atoms with van der Waals surface area (Å²) in [6.45, 7) is 4.52. The van der Waals surface area contributed by atoms with Crippen molar-refractivity contribution in [3.8, 4) is 0 Å². The van der Waals surface area contributed by atoms with Crippen LogP contribution in [0.25, 0.3) is 0 Å². The van der Waals surface area contributed by atoms with Gasteiger partial charge in [0.05, 0.1) is 6.04 Å². The normalized spacial score (nSPS) is 14.2. The van der Waals surface area contributed by atoms with Crippen LogP contribution < -0.4 is 38.9 Å². The van der Waals surface area contributed by atoms with E-state index < -0.39 is 47.9 Å². The van der Waals surface area contributed by atoms with Crippen molar-refractivity contribution in [1.29, 1.82) is 0 Å². The predicted octanol–water partition coefficient (Wildman–Crippen LogP) is -1.17. The molecule has 12 N–H and O–H groups in total. The van der Waals surface area contributed by atoms with Crippen LogP contribution in [0.1, 0.15) is 58.8 Å². The summed E-state index contributed by atoms with van der Waals surface area (Å²) in [7, 11) is 0. The Morgan fingerprint density at radius 3 is 1.89 bits per heavy atom. The molecule has 0 heterocycles. The molecule has 3 amide bonds. The lowest BCUT2D eigenvalue weighted by molar-refractivity contribution is -0.142. The Hall–Kier alpha value is -2.58. The summed E-state index contributed by atoms with van der Waals surface area (Å²) >= 11 is 1.46. The second kappa shape index (κ2) is 19.5. The maximum absolute atomic E-state index is 13.2. The van der Waals surface area contributed by atoms with E-state index in [4.69, 9.17) is 22.9 Å². The Kier molecular flexibility index (Phi) is 18.2. The highest BCUT2D eigenvalue weighted by atomic mass is 32.2. The topological polar surface area (TPSA) is 241 Å². The van der Waals surface area contributed by atoms with E-state index in [0.717, 1.165) is 0 Å². The number of guanidine groups is 1. The maximum atomic E-state index is 13.2. The predicted molar refractivity (Wildman–Crippen MR) is 147 cm³/mol. The zero-order valence-corrected chi connectivity index (χ0v) is 23.0. The van der Waals surface area contributed by atoms with Crippen LogP contribution in [0.5, 0.6) is 0 Å². The molecular weight excluding hydrogens is 500 g/mol. The van der Waals surface area contributed by atoms with Gasteiger partial charge in [0.15, 0.2) is 5.96 Å². The number of aliphatic carboxylic acids is 1. The Morgan fingerprint density at radius 2 is 1.41 bits per heavy atom. The summed E-state index contributed by atoms with van der Waals surface area (Å²) in [4.78, 5) is 54.3. The average molecular weight is 547 g/mol. The minimum absolute atomic E-state index is 0.0879. The van der Waals surface area contributed by atoms with E-state index in [1.54, 1.807) is 0 Å². The van der Waals surface area contributed by atoms with Crippen molar-refractivity contribution < 1.29 is 24.3 Å². The molecule has 0 aromatic carbocycles. The highest BCUT2D eigenvalue weighted by molar-refractivity contribution is 7.98. The molecule has 4 atom stereocenters. The Balaban J connectivity index is 5.60. The van der Waals surface area contributed by atoms with Crippen LogP contribution in [0.2, 0.25) is 0 Å². The molecular formula is C23H46N8O5S. The van der Waals surface area contributed by atoms with E-state index in [2.05, 4.69) is 20.9 Å². The van der Waals surface area contributed by atoms with E-state index in [1.807, 2.05) is 20.1 Å². The number of carbonyl (C=O) groups excluding carboxylic acids is 3. The molecule has 13 nitrogen and oxygen atoms in total. The number of unbranched alkanes of at least 4 members (excludes halogenated alkanes) is 1. The van der Waals surface area contributed by atoms with Crippen LogP contribution in [0.3, 0.4) is 0 Å². The summed E-state index contributed by atoms with van der Waals surface area (Å²) in [6.07, 6.45) is 4.51. The summed E-state index contributed by atoms with van der Waals surface area (Å²) in [5, 5.41) is 17.3. The molecule has 0 saturated heterocycles. The fourth-order valence-corrected chi connectivity index (χ4v) is 3.94. The molecule has 0 rings (SSSR count). The highest BCUT2D eigenvalue weighted by Gasteiger charge is 2.30. The van der Waals surface area contributed by atoms with Crippen LogP contribution in [0, 0.1) is 5.92 Å². The molecule has 0 fully saturated rings. The number of aliphatic imine (C=N–C) groups is 1. The second-order valence-corrected chi connectivity index (χ2v) is 10.3. The van der Waals surface area contributed by atoms with Gasteiger partial charge in [0.1, 0.15) is 18.1 Å². The van der Waals surface area contributed by atoms with Crippen molar-refractivity contribution in [3.05, 3.63) is 0 Å². The maximum Gasteiger partial charge on any atom is 0.326 e. The summed E-state index contributed by atoms with van der Waals surface area (Å²) in [5.41, 5.74) is 22.2. The van der Waals surface area contributed by atoms with Gasteiger partial charge >= 0.3 is 5.97 Å². The lowest BCUT2D eigenvalue weighted by Gasteiger charge is -2.25. The van der Waals surface area contributed by atoms with E-state index in [1.165, 1.54) is 11.8 Å². The van der Waals surface area contributed by atoms with Gasteiger partial charge in [-0.3, -0.25) is 19.4 Å². The van der Waals surface area contributed by atoms with E-state index in [0.29, 0.717) is 38.0 Å². The number of hydrogen-bond donors (Lipinski definition) is 8. The standard InChI is InChI=1S/C23H46N8O5S/c1-14(2)13-15(25)19(32)29-17(8-6-11-28-23(26)27)20(33)30-16(7-4-5-10-24)21(34)31-18(22(35)36)9-12-37-3/h14-18H,4-13,24-25H2,1-3H3,(H,29,32)(H,30,33)(H,31,34)(H,35,36)(H4,26,27,28). The van der Waals surface area contributed by atoms with Crippen LogP contribution in [0.15, 0.2) is 4.99 Å². The number of hydrogen-bond acceptors (Lipinski definition) is 8. The number of carboxylic acid groups (broad SMARTS) is 1. The lowest BCUT2D eigenvalue weighted by Crippen LogP contribution is -2.57. The van der Waals surface area contributed by atoms with Crippen molar-refractivity contribution >= 4 is 41.4 Å². The Bertz CT molecular complexity index is 749. The fourth-order valence-electron chi connectivity index (χ4n) is 3.47. The second-order valence-electron chi connectivity index (χ2n) is 9.27. The number of carbonyl (C=O) groups is 4. The van der Waals surface area contributed by atoms with E-state index >= 15 is 0 Å². The molecule has 4 unspecified atom stereocenters. The number of thioether (sulfide) groups is 1. The van der Waals surface area contributed by atoms with Crippen molar-refractivity contribution in [2.24, 2.45) is 33.8 Å². The monoisotopic (exact) mass is 546 g/mol. The number of amides is 3. The summed E-state index contributed by atoms with van der Waals surface area (Å²) in [5.74, 6) is -2.20. The van der Waals surface area contributed by atoms with Gasteiger partial charge in [-0.1, -0.05) is 13.8 Å². The third-order valence-electron chi connectivity index (χ3n) is 5.45. The number of nitrogens with one attached hydrogen (secondary N) is 3. The highest BCUT2D eigenvalue weighted by Crippen LogP contribution is 2.08. The first-order valence-electron chi connectivity index (χ1n) is 12.6. The van der Waals surface area contributed by atoms with Gasteiger partial charge in [0.25, 0.3) is 0 Å². The molecule has 37 heavy (non-hydrogen) atoms. The van der Waals surface area contributed by atoms with Gasteiger partial charge in [-0.05, 0) is 69.4 Å². The van der Waals surface area contributed by atoms with Gasteiger partial charge in [-0.25, -0.2) is 4.79 Å². The Labute approximate surface area is 223 Å². The molecule has 0 aromatic rings. The summed E-state index contributed by atoms with van der Waals surface area (Å²) < 4.78 is 0. The van der Waals surface area contributed by atoms with Gasteiger partial charge in [-0.15, -0.1) is 0 Å². The van der Waals surface area contributed by atoms with Crippen LogP contribution >= 0.6 is 11.8 Å². The zero-order valence-electron chi connectivity index (χ0n) is 22.2. The van der Waals surface area contributed by atoms with Crippen LogP contribution in [-0.2, 0) is 19.2 Å². The first kappa shape index (κ1) is 34.4. The lowest BCUT2D eigenvalue weighted by atomic mass is 10.0. The van der Waals surface area contributed by atoms with Crippen molar-refractivity contribution in [2.45, 2.75) is 83.0 Å². The van der Waals surface area contributed by atoms with Crippen molar-refractivity contribution in [1.82, 2.24) is 16.0 Å². The smallest absolute Gasteiger partial charge is 0.326 e. The SMILES string of the molecule is CSCCC(NC(=O)C(CCCCN)NC(=O)C(CCCN=C(N)N)NC(=O)C(N)CC(C)C)C(=O)O. The Morgan fingerprint density at radius 1 is 0.865 bits per heavy atom. The number of nitrogens with two attached hydrogens (primary N) is 4. The minimum Gasteiger partial charge on any atom is -0.480 e. The molecule has 214 valence electrons. The molecule has 0 aliphatic carbocycles. The fraction of sp³-hybridized carbons (Fsp3) is 0.783. The molecule has 14 heteroatoms. The van der Waals surface area contributed by atoms with Gasteiger partial charge in [-0.2, -0.15) is 11.8 Å². The molecule has 0 aliphatic rings. The molecule has 0 aromatic heterocycles. The number of carboxylic acids is 1. The average Bonchev–Trinajstić information content (AvgIpc) is 2.81. The minimum atomic E-state index is -1.15. The summed E-state index contributed by atoms with van der Waals surface area (Å²) in [6, 6.07) is -3.88.